The van der Waals surface area contributed by atoms with Crippen molar-refractivity contribution in [2.45, 2.75) is 32.9 Å². The second-order valence-corrected chi connectivity index (χ2v) is 8.30. The van der Waals surface area contributed by atoms with E-state index in [-0.39, 0.29) is 25.2 Å². The molecule has 2 N–H and O–H groups in total. The van der Waals surface area contributed by atoms with Crippen molar-refractivity contribution in [1.82, 2.24) is 15.5 Å². The Morgan fingerprint density at radius 3 is 2.45 bits per heavy atom. The third kappa shape index (κ3) is 5.76. The molecule has 164 valence electrons. The Bertz CT molecular complexity index is 921. The number of likely N-dealkylation sites (tertiary alicyclic amines) is 1. The number of carbonyl (C=O) groups excluding carboxylic acids is 2. The van der Waals surface area contributed by atoms with Gasteiger partial charge in [-0.05, 0) is 61.2 Å². The zero-order valence-electron chi connectivity index (χ0n) is 17.9. The van der Waals surface area contributed by atoms with Gasteiger partial charge in [0.15, 0.2) is 11.5 Å². The summed E-state index contributed by atoms with van der Waals surface area (Å²) in [4.78, 5) is 26.9. The van der Waals surface area contributed by atoms with E-state index in [9.17, 15) is 9.59 Å². The van der Waals surface area contributed by atoms with Crippen molar-refractivity contribution in [3.05, 3.63) is 59.2 Å². The zero-order chi connectivity index (χ0) is 21.6. The lowest BCUT2D eigenvalue weighted by molar-refractivity contribution is -0.120. The molecule has 7 heteroatoms. The van der Waals surface area contributed by atoms with Crippen molar-refractivity contribution in [3.63, 3.8) is 0 Å². The molecule has 4 rings (SSSR count). The van der Waals surface area contributed by atoms with Gasteiger partial charge in [-0.1, -0.05) is 31.2 Å². The lowest BCUT2D eigenvalue weighted by Crippen LogP contribution is -2.36. The fourth-order valence-electron chi connectivity index (χ4n) is 3.80. The molecule has 2 aromatic carbocycles. The topological polar surface area (TPSA) is 79.9 Å². The first-order valence-electron chi connectivity index (χ1n) is 10.8. The summed E-state index contributed by atoms with van der Waals surface area (Å²) in [5.74, 6) is 1.43. The summed E-state index contributed by atoms with van der Waals surface area (Å²) < 4.78 is 10.5. The molecule has 0 bridgehead atoms. The molecule has 0 saturated carbocycles. The number of ether oxygens (including phenoxy) is 2. The van der Waals surface area contributed by atoms with Crippen LogP contribution in [0.25, 0.3) is 0 Å². The van der Waals surface area contributed by atoms with Crippen LogP contribution in [0.15, 0.2) is 42.5 Å². The Balaban J connectivity index is 1.18. The fraction of sp³-hybridized carbons (Fsp3) is 0.417. The quantitative estimate of drug-likeness (QED) is 0.716. The molecule has 0 radical (unpaired) electrons. The van der Waals surface area contributed by atoms with E-state index in [1.807, 2.05) is 12.1 Å². The van der Waals surface area contributed by atoms with E-state index < -0.39 is 0 Å². The molecular formula is C24H29N3O4. The minimum atomic E-state index is -0.329. The third-order valence-electron chi connectivity index (χ3n) is 5.84. The van der Waals surface area contributed by atoms with E-state index >= 15 is 0 Å². The first kappa shape index (κ1) is 21.2. The van der Waals surface area contributed by atoms with E-state index in [0.29, 0.717) is 23.6 Å². The predicted molar refractivity (Wildman–Crippen MR) is 117 cm³/mol. The molecule has 2 aromatic rings. The highest BCUT2D eigenvalue weighted by Crippen LogP contribution is 2.32. The number of hydrogen-bond donors (Lipinski definition) is 2. The summed E-state index contributed by atoms with van der Waals surface area (Å²) in [5, 5.41) is 5.48. The highest BCUT2D eigenvalue weighted by Gasteiger charge is 2.17. The Morgan fingerprint density at radius 2 is 1.68 bits per heavy atom. The summed E-state index contributed by atoms with van der Waals surface area (Å²) in [6.07, 6.45) is 2.55. The average molecular weight is 424 g/mol. The van der Waals surface area contributed by atoms with Gasteiger partial charge in [-0.3, -0.25) is 14.5 Å². The number of rotatable bonds is 7. The second-order valence-electron chi connectivity index (χ2n) is 8.30. The van der Waals surface area contributed by atoms with Crippen LogP contribution < -0.4 is 20.1 Å². The summed E-state index contributed by atoms with van der Waals surface area (Å²) in [5.41, 5.74) is 2.75. The number of nitrogens with zero attached hydrogens (tertiary/aromatic N) is 1. The molecule has 1 saturated heterocycles. The average Bonchev–Trinajstić information content (AvgIpc) is 3.26. The number of nitrogens with one attached hydrogen (secondary N) is 2. The van der Waals surface area contributed by atoms with Crippen molar-refractivity contribution >= 4 is 11.8 Å². The molecule has 0 aliphatic carbocycles. The standard InChI is InChI=1S/C24H29N3O4/c1-17-8-10-27(11-9-17)15-19-4-2-18(3-5-19)13-25-23(28)14-26-24(29)20-6-7-21-22(12-20)31-16-30-21/h2-7,12,17H,8-11,13-16H2,1H3,(H,25,28)(H,26,29). The van der Waals surface area contributed by atoms with E-state index in [1.54, 1.807) is 18.2 Å². The fourth-order valence-corrected chi connectivity index (χ4v) is 3.80. The second kappa shape index (κ2) is 9.83. The lowest BCUT2D eigenvalue weighted by atomic mass is 9.99. The minimum Gasteiger partial charge on any atom is -0.454 e. The summed E-state index contributed by atoms with van der Waals surface area (Å²) in [6.45, 7) is 6.13. The van der Waals surface area contributed by atoms with Crippen molar-refractivity contribution in [3.8, 4) is 11.5 Å². The Hall–Kier alpha value is -3.06. The first-order chi connectivity index (χ1) is 15.1. The molecule has 0 aromatic heterocycles. The summed E-state index contributed by atoms with van der Waals surface area (Å²) >= 11 is 0. The first-order valence-corrected chi connectivity index (χ1v) is 10.8. The van der Waals surface area contributed by atoms with Crippen LogP contribution in [0.4, 0.5) is 0 Å². The van der Waals surface area contributed by atoms with Crippen LogP contribution >= 0.6 is 0 Å². The van der Waals surface area contributed by atoms with Gasteiger partial charge in [0, 0.05) is 18.7 Å². The van der Waals surface area contributed by atoms with Crippen molar-refractivity contribution in [1.29, 1.82) is 0 Å². The summed E-state index contributed by atoms with van der Waals surface area (Å²) in [7, 11) is 0. The highest BCUT2D eigenvalue weighted by molar-refractivity contribution is 5.97. The number of benzene rings is 2. The maximum absolute atomic E-state index is 12.3. The smallest absolute Gasteiger partial charge is 0.251 e. The Kier molecular flexibility index (Phi) is 6.72. The number of carbonyl (C=O) groups is 2. The monoisotopic (exact) mass is 423 g/mol. The van der Waals surface area contributed by atoms with Gasteiger partial charge in [0.1, 0.15) is 0 Å². The maximum Gasteiger partial charge on any atom is 0.251 e. The lowest BCUT2D eigenvalue weighted by Gasteiger charge is -2.30. The maximum atomic E-state index is 12.3. The van der Waals surface area contributed by atoms with Crippen LogP contribution in [0.3, 0.4) is 0 Å². The van der Waals surface area contributed by atoms with E-state index in [4.69, 9.17) is 9.47 Å². The van der Waals surface area contributed by atoms with Crippen LogP contribution in [0.5, 0.6) is 11.5 Å². The van der Waals surface area contributed by atoms with Crippen LogP contribution in [0.1, 0.15) is 41.3 Å². The molecular weight excluding hydrogens is 394 g/mol. The molecule has 2 aliphatic rings. The van der Waals surface area contributed by atoms with Gasteiger partial charge in [0.25, 0.3) is 5.91 Å². The molecule has 0 spiro atoms. The van der Waals surface area contributed by atoms with Gasteiger partial charge < -0.3 is 20.1 Å². The largest absolute Gasteiger partial charge is 0.454 e. The van der Waals surface area contributed by atoms with Crippen LogP contribution in [-0.2, 0) is 17.9 Å². The van der Waals surface area contributed by atoms with Gasteiger partial charge in [-0.15, -0.1) is 0 Å². The molecule has 31 heavy (non-hydrogen) atoms. The summed E-state index contributed by atoms with van der Waals surface area (Å²) in [6, 6.07) is 13.3. The molecule has 0 atom stereocenters. The van der Waals surface area contributed by atoms with Crippen molar-refractivity contribution in [2.24, 2.45) is 5.92 Å². The molecule has 7 nitrogen and oxygen atoms in total. The van der Waals surface area contributed by atoms with Crippen molar-refractivity contribution < 1.29 is 19.1 Å². The van der Waals surface area contributed by atoms with Crippen LogP contribution in [0, 0.1) is 5.92 Å². The van der Waals surface area contributed by atoms with E-state index in [2.05, 4.69) is 34.6 Å². The van der Waals surface area contributed by atoms with E-state index in [0.717, 1.165) is 31.1 Å². The van der Waals surface area contributed by atoms with Gasteiger partial charge in [-0.25, -0.2) is 0 Å². The van der Waals surface area contributed by atoms with Gasteiger partial charge in [0.05, 0.1) is 6.54 Å². The molecule has 1 fully saturated rings. The number of piperidine rings is 1. The zero-order valence-corrected chi connectivity index (χ0v) is 17.9. The minimum absolute atomic E-state index is 0.0846. The number of amides is 2. The Morgan fingerprint density at radius 1 is 0.968 bits per heavy atom. The SMILES string of the molecule is CC1CCN(Cc2ccc(CNC(=O)CNC(=O)c3ccc4c(c3)OCO4)cc2)CC1. The van der Waals surface area contributed by atoms with Gasteiger partial charge in [-0.2, -0.15) is 0 Å². The molecule has 2 aliphatic heterocycles. The van der Waals surface area contributed by atoms with Crippen LogP contribution in [-0.4, -0.2) is 43.1 Å². The predicted octanol–water partition coefficient (Wildman–Crippen LogP) is 2.69. The Labute approximate surface area is 182 Å². The van der Waals surface area contributed by atoms with Crippen molar-refractivity contribution in [2.75, 3.05) is 26.4 Å². The molecule has 0 unspecified atom stereocenters. The van der Waals surface area contributed by atoms with Gasteiger partial charge in [0.2, 0.25) is 12.7 Å². The van der Waals surface area contributed by atoms with Crippen LogP contribution in [0.2, 0.25) is 0 Å². The van der Waals surface area contributed by atoms with Gasteiger partial charge >= 0.3 is 0 Å². The molecule has 2 amide bonds. The highest BCUT2D eigenvalue weighted by atomic mass is 16.7. The normalized spacial score (nSPS) is 16.2. The number of hydrogen-bond acceptors (Lipinski definition) is 5. The third-order valence-corrected chi connectivity index (χ3v) is 5.84. The van der Waals surface area contributed by atoms with E-state index in [1.165, 1.54) is 18.4 Å². The number of fused-ring (bicyclic) bond motifs is 1. The molecule has 2 heterocycles.